The van der Waals surface area contributed by atoms with Gasteiger partial charge >= 0.3 is 0 Å². The second-order valence-corrected chi connectivity index (χ2v) is 5.16. The highest BCUT2D eigenvalue weighted by molar-refractivity contribution is 6.23. The van der Waals surface area contributed by atoms with Gasteiger partial charge in [-0.3, -0.25) is 19.3 Å². The van der Waals surface area contributed by atoms with Gasteiger partial charge in [-0.2, -0.15) is 0 Å². The predicted molar refractivity (Wildman–Crippen MR) is 72.0 cm³/mol. The molecule has 1 fully saturated rings. The smallest absolute Gasteiger partial charge is 0.263 e. The Bertz CT molecular complexity index is 626. The molecule has 2 aliphatic rings. The van der Waals surface area contributed by atoms with Gasteiger partial charge in [0.25, 0.3) is 11.8 Å². The van der Waals surface area contributed by atoms with E-state index in [1.54, 1.807) is 23.1 Å². The molecule has 0 bridgehead atoms. The molecule has 6 heteroatoms. The standard InChI is InChI=1S/C14H15N3O3/c1-8(18)16-6-5-9(7-16)17-13(19)10-3-2-4-11(15)12(10)14(17)20/h2-4,9H,5-7,15H2,1H3/t9-/m1/s1. The molecule has 1 saturated heterocycles. The number of likely N-dealkylation sites (tertiary alicyclic amines) is 1. The highest BCUT2D eigenvalue weighted by Gasteiger charge is 2.43. The average molecular weight is 273 g/mol. The second-order valence-electron chi connectivity index (χ2n) is 5.16. The molecule has 20 heavy (non-hydrogen) atoms. The summed E-state index contributed by atoms with van der Waals surface area (Å²) in [5.41, 5.74) is 6.77. The fourth-order valence-corrected chi connectivity index (χ4v) is 2.90. The van der Waals surface area contributed by atoms with Crippen molar-refractivity contribution in [2.45, 2.75) is 19.4 Å². The first-order valence-electron chi connectivity index (χ1n) is 6.52. The average Bonchev–Trinajstić information content (AvgIpc) is 2.95. The van der Waals surface area contributed by atoms with Crippen LogP contribution in [0.15, 0.2) is 18.2 Å². The Morgan fingerprint density at radius 3 is 2.65 bits per heavy atom. The molecule has 0 unspecified atom stereocenters. The number of anilines is 1. The van der Waals surface area contributed by atoms with Gasteiger partial charge in [0, 0.05) is 25.7 Å². The van der Waals surface area contributed by atoms with Gasteiger partial charge in [0.15, 0.2) is 0 Å². The topological polar surface area (TPSA) is 83.7 Å². The van der Waals surface area contributed by atoms with Crippen LogP contribution in [-0.4, -0.2) is 46.7 Å². The number of amides is 3. The van der Waals surface area contributed by atoms with Gasteiger partial charge in [0.05, 0.1) is 17.2 Å². The summed E-state index contributed by atoms with van der Waals surface area (Å²) in [5, 5.41) is 0. The lowest BCUT2D eigenvalue weighted by molar-refractivity contribution is -0.127. The van der Waals surface area contributed by atoms with Crippen LogP contribution in [0.3, 0.4) is 0 Å². The number of hydrogen-bond acceptors (Lipinski definition) is 4. The molecule has 2 N–H and O–H groups in total. The van der Waals surface area contributed by atoms with E-state index in [4.69, 9.17) is 5.73 Å². The van der Waals surface area contributed by atoms with Gasteiger partial charge in [-0.1, -0.05) is 6.07 Å². The van der Waals surface area contributed by atoms with E-state index in [-0.39, 0.29) is 23.8 Å². The van der Waals surface area contributed by atoms with Crippen LogP contribution in [0.5, 0.6) is 0 Å². The number of fused-ring (bicyclic) bond motifs is 1. The Morgan fingerprint density at radius 2 is 2.05 bits per heavy atom. The maximum atomic E-state index is 12.4. The maximum absolute atomic E-state index is 12.4. The summed E-state index contributed by atoms with van der Waals surface area (Å²) >= 11 is 0. The number of carbonyl (C=O) groups is 3. The van der Waals surface area contributed by atoms with Crippen LogP contribution < -0.4 is 5.73 Å². The highest BCUT2D eigenvalue weighted by atomic mass is 16.2. The molecule has 1 aromatic rings. The summed E-state index contributed by atoms with van der Waals surface area (Å²) in [7, 11) is 0. The lowest BCUT2D eigenvalue weighted by atomic mass is 10.1. The zero-order valence-electron chi connectivity index (χ0n) is 11.1. The fraction of sp³-hybridized carbons (Fsp3) is 0.357. The fourth-order valence-electron chi connectivity index (χ4n) is 2.90. The lowest BCUT2D eigenvalue weighted by Gasteiger charge is -2.22. The Labute approximate surface area is 116 Å². The van der Waals surface area contributed by atoms with Crippen LogP contribution in [0.2, 0.25) is 0 Å². The minimum atomic E-state index is -0.349. The van der Waals surface area contributed by atoms with Crippen molar-refractivity contribution in [3.63, 3.8) is 0 Å². The first-order chi connectivity index (χ1) is 9.50. The van der Waals surface area contributed by atoms with E-state index >= 15 is 0 Å². The number of benzene rings is 1. The van der Waals surface area contributed by atoms with Crippen LogP contribution in [0.25, 0.3) is 0 Å². The quantitative estimate of drug-likeness (QED) is 0.596. The van der Waals surface area contributed by atoms with Crippen molar-refractivity contribution in [1.29, 1.82) is 0 Å². The SMILES string of the molecule is CC(=O)N1CC[C@@H](N2C(=O)c3cccc(N)c3C2=O)C1. The van der Waals surface area contributed by atoms with Crippen molar-refractivity contribution in [1.82, 2.24) is 9.80 Å². The van der Waals surface area contributed by atoms with E-state index in [1.807, 2.05) is 0 Å². The summed E-state index contributed by atoms with van der Waals surface area (Å²) in [4.78, 5) is 39.0. The molecule has 1 aromatic carbocycles. The summed E-state index contributed by atoms with van der Waals surface area (Å²) in [5.74, 6) is -0.699. The number of nitrogen functional groups attached to an aromatic ring is 1. The van der Waals surface area contributed by atoms with Crippen LogP contribution in [0.1, 0.15) is 34.1 Å². The highest BCUT2D eigenvalue weighted by Crippen LogP contribution is 2.31. The van der Waals surface area contributed by atoms with Gasteiger partial charge in [-0.05, 0) is 18.6 Å². The van der Waals surface area contributed by atoms with Crippen molar-refractivity contribution in [2.75, 3.05) is 18.8 Å². The number of nitrogens with two attached hydrogens (primary N) is 1. The van der Waals surface area contributed by atoms with E-state index in [2.05, 4.69) is 0 Å². The monoisotopic (exact) mass is 273 g/mol. The predicted octanol–water partition coefficient (Wildman–Crippen LogP) is 0.486. The molecule has 1 atom stereocenters. The Kier molecular flexibility index (Phi) is 2.74. The molecule has 2 heterocycles. The summed E-state index contributed by atoms with van der Waals surface area (Å²) in [6.45, 7) is 2.46. The molecule has 0 saturated carbocycles. The third-order valence-electron chi connectivity index (χ3n) is 3.95. The van der Waals surface area contributed by atoms with Crippen molar-refractivity contribution >= 4 is 23.4 Å². The van der Waals surface area contributed by atoms with Crippen LogP contribution >= 0.6 is 0 Å². The van der Waals surface area contributed by atoms with Crippen molar-refractivity contribution < 1.29 is 14.4 Å². The first kappa shape index (κ1) is 12.7. The molecule has 2 aliphatic heterocycles. The first-order valence-corrected chi connectivity index (χ1v) is 6.52. The van der Waals surface area contributed by atoms with Crippen molar-refractivity contribution in [2.24, 2.45) is 0 Å². The van der Waals surface area contributed by atoms with Crippen LogP contribution in [-0.2, 0) is 4.79 Å². The summed E-state index contributed by atoms with van der Waals surface area (Å²) in [6.07, 6.45) is 0.616. The molecule has 0 aliphatic carbocycles. The van der Waals surface area contributed by atoms with Gasteiger partial charge in [-0.15, -0.1) is 0 Å². The molecule has 3 amide bonds. The van der Waals surface area contributed by atoms with Gasteiger partial charge < -0.3 is 10.6 Å². The minimum Gasteiger partial charge on any atom is -0.398 e. The van der Waals surface area contributed by atoms with Crippen LogP contribution in [0, 0.1) is 0 Å². The third-order valence-corrected chi connectivity index (χ3v) is 3.95. The van der Waals surface area contributed by atoms with E-state index in [9.17, 15) is 14.4 Å². The van der Waals surface area contributed by atoms with Gasteiger partial charge in [-0.25, -0.2) is 0 Å². The minimum absolute atomic E-state index is 0.0383. The van der Waals surface area contributed by atoms with Gasteiger partial charge in [0.2, 0.25) is 5.91 Å². The molecular weight excluding hydrogens is 258 g/mol. The van der Waals surface area contributed by atoms with E-state index in [1.165, 1.54) is 11.8 Å². The van der Waals surface area contributed by atoms with E-state index in [0.29, 0.717) is 36.3 Å². The van der Waals surface area contributed by atoms with E-state index < -0.39 is 0 Å². The Balaban J connectivity index is 1.91. The van der Waals surface area contributed by atoms with E-state index in [0.717, 1.165) is 0 Å². The number of rotatable bonds is 1. The second kappa shape index (κ2) is 4.33. The molecule has 104 valence electrons. The van der Waals surface area contributed by atoms with Crippen LogP contribution in [0.4, 0.5) is 5.69 Å². The molecule has 0 aromatic heterocycles. The zero-order chi connectivity index (χ0) is 14.4. The Hall–Kier alpha value is -2.37. The molecule has 0 radical (unpaired) electrons. The molecule has 0 spiro atoms. The summed E-state index contributed by atoms with van der Waals surface area (Å²) in [6, 6.07) is 4.64. The van der Waals surface area contributed by atoms with Gasteiger partial charge in [0.1, 0.15) is 0 Å². The van der Waals surface area contributed by atoms with Crippen molar-refractivity contribution in [3.8, 4) is 0 Å². The molecule has 3 rings (SSSR count). The largest absolute Gasteiger partial charge is 0.398 e. The number of hydrogen-bond donors (Lipinski definition) is 1. The number of carbonyl (C=O) groups excluding carboxylic acids is 3. The Morgan fingerprint density at radius 1 is 1.30 bits per heavy atom. The maximum Gasteiger partial charge on any atom is 0.263 e. The number of nitrogens with zero attached hydrogens (tertiary/aromatic N) is 2. The van der Waals surface area contributed by atoms with Crippen molar-refractivity contribution in [3.05, 3.63) is 29.3 Å². The number of imide groups is 1. The summed E-state index contributed by atoms with van der Waals surface area (Å²) < 4.78 is 0. The zero-order valence-corrected chi connectivity index (χ0v) is 11.1. The lowest BCUT2D eigenvalue weighted by Crippen LogP contribution is -2.42. The molecular formula is C14H15N3O3. The third kappa shape index (κ3) is 1.68. The normalized spacial score (nSPS) is 21.6. The molecule has 6 nitrogen and oxygen atoms in total.